The van der Waals surface area contributed by atoms with Gasteiger partial charge in [0.05, 0.1) is 12.7 Å². The van der Waals surface area contributed by atoms with Gasteiger partial charge in [-0.3, -0.25) is 0 Å². The average molecular weight is 579 g/mol. The number of ether oxygens (including phenoxy) is 2. The minimum Gasteiger partial charge on any atom is -0.396 e. The van der Waals surface area contributed by atoms with Crippen LogP contribution in [0, 0.1) is 52.3 Å². The Morgan fingerprint density at radius 1 is 0.902 bits per heavy atom. The highest BCUT2D eigenvalue weighted by atomic mass is 16.7. The smallest absolute Gasteiger partial charge is 0.186 e. The van der Waals surface area contributed by atoms with Gasteiger partial charge in [-0.25, -0.2) is 0 Å². The molecule has 0 aromatic rings. The molecule has 0 spiro atoms. The largest absolute Gasteiger partial charge is 0.396 e. The van der Waals surface area contributed by atoms with E-state index in [4.69, 9.17) is 9.47 Å². The SMILES string of the molecule is C[C@H](CO)[C@H](C)CC[C@@H](C)[C@H]1CC[C@H]2[C@@H]3CC=C4C[C@@H](O[C@@H]5O[C@H](CO)[C@@H](O)[C@H](O)[C@H]5O)CC[C@]4(C)[C@H]3CC[C@]12C. The van der Waals surface area contributed by atoms with E-state index < -0.39 is 37.3 Å². The van der Waals surface area contributed by atoms with Gasteiger partial charge in [-0.15, -0.1) is 0 Å². The Morgan fingerprint density at radius 3 is 2.37 bits per heavy atom. The number of fused-ring (bicyclic) bond motifs is 5. The van der Waals surface area contributed by atoms with E-state index in [1.165, 1.54) is 44.1 Å². The number of aliphatic hydroxyl groups excluding tert-OH is 5. The molecule has 5 aliphatic rings. The highest BCUT2D eigenvalue weighted by Crippen LogP contribution is 2.67. The van der Waals surface area contributed by atoms with Crippen LogP contribution in [0.1, 0.15) is 98.8 Å². The van der Waals surface area contributed by atoms with Crippen molar-refractivity contribution in [3.63, 3.8) is 0 Å². The van der Waals surface area contributed by atoms with Gasteiger partial charge in [0.1, 0.15) is 24.4 Å². The standard InChI is InChI=1S/C34H58O7/c1-19(21(3)17-35)6-7-20(2)25-10-11-26-24-9-8-22-16-23(12-14-33(22,4)27(24)13-15-34(25,26)5)40-32-31(39)30(38)29(37)28(18-36)41-32/h8,19-21,23-32,35-39H,6-7,9-18H2,1-5H3/t19-,20-,21-,23+,24+,25-,26+,27+,28-,29-,30+,31-,32-,33+,34-/m1/s1. The number of rotatable bonds is 9. The quantitative estimate of drug-likeness (QED) is 0.257. The molecule has 1 heterocycles. The van der Waals surface area contributed by atoms with Crippen molar-refractivity contribution < 1.29 is 35.0 Å². The maximum absolute atomic E-state index is 10.5. The van der Waals surface area contributed by atoms with Crippen LogP contribution in [0.3, 0.4) is 0 Å². The second kappa shape index (κ2) is 12.5. The zero-order valence-corrected chi connectivity index (χ0v) is 26.1. The lowest BCUT2D eigenvalue weighted by molar-refractivity contribution is -0.313. The van der Waals surface area contributed by atoms with E-state index in [0.29, 0.717) is 23.2 Å². The summed E-state index contributed by atoms with van der Waals surface area (Å²) in [5, 5.41) is 49.9. The lowest BCUT2D eigenvalue weighted by Crippen LogP contribution is -2.60. The van der Waals surface area contributed by atoms with E-state index in [1.54, 1.807) is 0 Å². The molecule has 1 aliphatic heterocycles. The number of hydrogen-bond donors (Lipinski definition) is 5. The van der Waals surface area contributed by atoms with Gasteiger partial charge in [-0.2, -0.15) is 0 Å². The predicted molar refractivity (Wildman–Crippen MR) is 158 cm³/mol. The van der Waals surface area contributed by atoms with Gasteiger partial charge in [-0.1, -0.05) is 59.1 Å². The first-order valence-electron chi connectivity index (χ1n) is 16.7. The lowest BCUT2D eigenvalue weighted by atomic mass is 9.47. The predicted octanol–water partition coefficient (Wildman–Crippen LogP) is 4.43. The first kappa shape index (κ1) is 31.9. The molecule has 1 saturated heterocycles. The molecule has 0 aromatic heterocycles. The fraction of sp³-hybridized carbons (Fsp3) is 0.941. The molecule has 41 heavy (non-hydrogen) atoms. The lowest BCUT2D eigenvalue weighted by Gasteiger charge is -2.58. The van der Waals surface area contributed by atoms with Crippen molar-refractivity contribution in [3.05, 3.63) is 11.6 Å². The molecule has 4 aliphatic carbocycles. The molecule has 4 fully saturated rings. The monoisotopic (exact) mass is 578 g/mol. The topological polar surface area (TPSA) is 120 Å². The summed E-state index contributed by atoms with van der Waals surface area (Å²) in [6.07, 6.45) is 7.98. The van der Waals surface area contributed by atoms with Gasteiger partial charge in [0.25, 0.3) is 0 Å². The second-order valence-electron chi connectivity index (χ2n) is 15.4. The third-order valence-corrected chi connectivity index (χ3v) is 13.3. The Morgan fingerprint density at radius 2 is 1.66 bits per heavy atom. The van der Waals surface area contributed by atoms with Crippen molar-refractivity contribution in [1.29, 1.82) is 0 Å². The summed E-state index contributed by atoms with van der Waals surface area (Å²) in [5.74, 6) is 4.72. The maximum atomic E-state index is 10.5. The van der Waals surface area contributed by atoms with Crippen molar-refractivity contribution in [3.8, 4) is 0 Å². The van der Waals surface area contributed by atoms with E-state index in [0.717, 1.165) is 49.4 Å². The highest BCUT2D eigenvalue weighted by Gasteiger charge is 2.59. The molecule has 3 saturated carbocycles. The van der Waals surface area contributed by atoms with Gasteiger partial charge < -0.3 is 35.0 Å². The third-order valence-electron chi connectivity index (χ3n) is 13.3. The van der Waals surface area contributed by atoms with Crippen LogP contribution >= 0.6 is 0 Å². The van der Waals surface area contributed by atoms with Gasteiger partial charge in [0.15, 0.2) is 6.29 Å². The average Bonchev–Trinajstić information content (AvgIpc) is 3.32. The third kappa shape index (κ3) is 5.71. The first-order valence-corrected chi connectivity index (χ1v) is 16.7. The van der Waals surface area contributed by atoms with Crippen LogP contribution in [0.15, 0.2) is 11.6 Å². The van der Waals surface area contributed by atoms with Crippen LogP contribution in [0.2, 0.25) is 0 Å². The summed E-state index contributed by atoms with van der Waals surface area (Å²) in [6, 6.07) is 0. The highest BCUT2D eigenvalue weighted by molar-refractivity contribution is 5.25. The van der Waals surface area contributed by atoms with Gasteiger partial charge in [0.2, 0.25) is 0 Å². The fourth-order valence-corrected chi connectivity index (χ4v) is 10.3. The van der Waals surface area contributed by atoms with Crippen LogP contribution in [0.5, 0.6) is 0 Å². The van der Waals surface area contributed by atoms with Crippen molar-refractivity contribution in [2.75, 3.05) is 13.2 Å². The summed E-state index contributed by atoms with van der Waals surface area (Å²) in [7, 11) is 0. The van der Waals surface area contributed by atoms with Crippen LogP contribution < -0.4 is 0 Å². The Hall–Kier alpha value is -0.540. The molecule has 0 amide bonds. The number of aliphatic hydroxyl groups is 5. The molecule has 0 aromatic carbocycles. The van der Waals surface area contributed by atoms with Crippen molar-refractivity contribution >= 4 is 0 Å². The first-order chi connectivity index (χ1) is 19.4. The van der Waals surface area contributed by atoms with Crippen molar-refractivity contribution in [1.82, 2.24) is 0 Å². The molecule has 7 nitrogen and oxygen atoms in total. The van der Waals surface area contributed by atoms with Crippen LogP contribution in [0.25, 0.3) is 0 Å². The molecule has 5 rings (SSSR count). The molecule has 0 bridgehead atoms. The molecular formula is C34H58O7. The van der Waals surface area contributed by atoms with Gasteiger partial charge in [0, 0.05) is 6.61 Å². The zero-order chi connectivity index (χ0) is 29.7. The van der Waals surface area contributed by atoms with E-state index in [9.17, 15) is 25.5 Å². The summed E-state index contributed by atoms with van der Waals surface area (Å²) in [5.41, 5.74) is 2.09. The number of hydrogen-bond acceptors (Lipinski definition) is 7. The Bertz CT molecular complexity index is 923. The van der Waals surface area contributed by atoms with Gasteiger partial charge >= 0.3 is 0 Å². The molecule has 5 N–H and O–H groups in total. The molecular weight excluding hydrogens is 520 g/mol. The molecule has 0 unspecified atom stereocenters. The summed E-state index contributed by atoms with van der Waals surface area (Å²) < 4.78 is 11.9. The maximum Gasteiger partial charge on any atom is 0.186 e. The number of allylic oxidation sites excluding steroid dienone is 1. The zero-order valence-electron chi connectivity index (χ0n) is 26.1. The minimum atomic E-state index is -1.41. The molecule has 15 atom stereocenters. The van der Waals surface area contributed by atoms with E-state index in [2.05, 4.69) is 40.7 Å². The van der Waals surface area contributed by atoms with Crippen molar-refractivity contribution in [2.24, 2.45) is 52.3 Å². The summed E-state index contributed by atoms with van der Waals surface area (Å²) in [6.45, 7) is 11.9. The van der Waals surface area contributed by atoms with E-state index >= 15 is 0 Å². The molecule has 0 radical (unpaired) electrons. The van der Waals surface area contributed by atoms with Crippen LogP contribution in [0.4, 0.5) is 0 Å². The minimum absolute atomic E-state index is 0.117. The molecule has 7 heteroatoms. The van der Waals surface area contributed by atoms with E-state index in [1.807, 2.05) is 0 Å². The Labute approximate surface area is 247 Å². The van der Waals surface area contributed by atoms with Crippen LogP contribution in [-0.4, -0.2) is 75.6 Å². The summed E-state index contributed by atoms with van der Waals surface area (Å²) >= 11 is 0. The van der Waals surface area contributed by atoms with Gasteiger partial charge in [-0.05, 0) is 104 Å². The fourth-order valence-electron chi connectivity index (χ4n) is 10.3. The Kier molecular flexibility index (Phi) is 9.68. The second-order valence-corrected chi connectivity index (χ2v) is 15.4. The van der Waals surface area contributed by atoms with Crippen molar-refractivity contribution in [2.45, 2.75) is 136 Å². The molecule has 236 valence electrons. The normalized spacial score (nSPS) is 48.4. The summed E-state index contributed by atoms with van der Waals surface area (Å²) in [4.78, 5) is 0. The van der Waals surface area contributed by atoms with E-state index in [-0.39, 0.29) is 18.1 Å². The Balaban J connectivity index is 1.23. The van der Waals surface area contributed by atoms with Crippen LogP contribution in [-0.2, 0) is 9.47 Å².